The second-order valence-corrected chi connectivity index (χ2v) is 7.32. The van der Waals surface area contributed by atoms with Gasteiger partial charge in [0.05, 0.1) is 13.7 Å². The van der Waals surface area contributed by atoms with Crippen LogP contribution in [0.25, 0.3) is 0 Å². The number of nitrogens with one attached hydrogen (secondary N) is 1. The highest BCUT2D eigenvalue weighted by molar-refractivity contribution is 5.99. The van der Waals surface area contributed by atoms with Gasteiger partial charge in [-0.3, -0.25) is 14.4 Å². The van der Waals surface area contributed by atoms with Crippen molar-refractivity contribution in [3.05, 3.63) is 63.1 Å². The van der Waals surface area contributed by atoms with Crippen LogP contribution < -0.4 is 15.5 Å². The van der Waals surface area contributed by atoms with E-state index in [0.717, 1.165) is 6.07 Å². The van der Waals surface area contributed by atoms with Gasteiger partial charge >= 0.3 is 0 Å². The Morgan fingerprint density at radius 1 is 1.26 bits per heavy atom. The molecule has 0 bridgehead atoms. The number of halogens is 2. The van der Waals surface area contributed by atoms with Gasteiger partial charge in [-0.25, -0.2) is 8.78 Å². The highest BCUT2D eigenvalue weighted by atomic mass is 19.1. The van der Waals surface area contributed by atoms with Gasteiger partial charge < -0.3 is 24.3 Å². The number of carbonyl (C=O) groups is 2. The van der Waals surface area contributed by atoms with Crippen LogP contribution in [0.5, 0.6) is 5.75 Å². The number of fused-ring (bicyclic) bond motifs is 1. The van der Waals surface area contributed by atoms with Crippen molar-refractivity contribution in [1.82, 2.24) is 14.8 Å². The first kappa shape index (κ1) is 22.4. The van der Waals surface area contributed by atoms with Gasteiger partial charge in [0.25, 0.3) is 11.8 Å². The summed E-state index contributed by atoms with van der Waals surface area (Å²) in [6, 6.07) is 2.78. The minimum atomic E-state index is -0.817. The SMILES string of the molecule is COc1c2n(cc(C(=O)NCc3ccc(F)cc3F)c1=O)C[C@H](OC)N(C(C)C)C2=O. The van der Waals surface area contributed by atoms with Gasteiger partial charge in [0.1, 0.15) is 17.2 Å². The molecule has 0 saturated heterocycles. The summed E-state index contributed by atoms with van der Waals surface area (Å²) in [5, 5.41) is 2.44. The molecule has 2 amide bonds. The van der Waals surface area contributed by atoms with Crippen molar-refractivity contribution >= 4 is 11.8 Å². The fraction of sp³-hybridized carbons (Fsp3) is 0.381. The molecule has 166 valence electrons. The Kier molecular flexibility index (Phi) is 6.40. The number of benzene rings is 1. The van der Waals surface area contributed by atoms with Crippen LogP contribution in [0.1, 0.15) is 40.3 Å². The fourth-order valence-corrected chi connectivity index (χ4v) is 3.55. The molecule has 0 unspecified atom stereocenters. The molecule has 8 nitrogen and oxygen atoms in total. The van der Waals surface area contributed by atoms with E-state index < -0.39 is 35.1 Å². The maximum atomic E-state index is 13.8. The summed E-state index contributed by atoms with van der Waals surface area (Å²) < 4.78 is 38.9. The third-order valence-corrected chi connectivity index (χ3v) is 5.07. The third-order valence-electron chi connectivity index (χ3n) is 5.07. The molecule has 1 aromatic heterocycles. The number of hydrogen-bond donors (Lipinski definition) is 1. The molecule has 1 atom stereocenters. The summed E-state index contributed by atoms with van der Waals surface area (Å²) in [6.45, 7) is 3.57. The maximum Gasteiger partial charge on any atom is 0.276 e. The number of carbonyl (C=O) groups excluding carboxylic acids is 2. The predicted octanol–water partition coefficient (Wildman–Crippen LogP) is 1.90. The Balaban J connectivity index is 1.97. The van der Waals surface area contributed by atoms with E-state index in [2.05, 4.69) is 5.32 Å². The van der Waals surface area contributed by atoms with Crippen molar-refractivity contribution < 1.29 is 27.8 Å². The summed E-state index contributed by atoms with van der Waals surface area (Å²) in [4.78, 5) is 40.1. The van der Waals surface area contributed by atoms with E-state index in [4.69, 9.17) is 9.47 Å². The maximum absolute atomic E-state index is 13.8. The molecule has 10 heteroatoms. The number of aromatic nitrogens is 1. The summed E-state index contributed by atoms with van der Waals surface area (Å²) in [5.74, 6) is -3.05. The number of amides is 2. The van der Waals surface area contributed by atoms with Crippen LogP contribution >= 0.6 is 0 Å². The zero-order chi connectivity index (χ0) is 22.9. The van der Waals surface area contributed by atoms with Gasteiger partial charge in [-0.15, -0.1) is 0 Å². The van der Waals surface area contributed by atoms with Crippen molar-refractivity contribution in [3.8, 4) is 5.75 Å². The van der Waals surface area contributed by atoms with Crippen molar-refractivity contribution in [2.24, 2.45) is 0 Å². The second-order valence-electron chi connectivity index (χ2n) is 7.32. The van der Waals surface area contributed by atoms with Crippen molar-refractivity contribution in [3.63, 3.8) is 0 Å². The van der Waals surface area contributed by atoms with E-state index >= 15 is 0 Å². The second kappa shape index (κ2) is 8.84. The van der Waals surface area contributed by atoms with E-state index in [9.17, 15) is 23.2 Å². The monoisotopic (exact) mass is 435 g/mol. The van der Waals surface area contributed by atoms with Crippen LogP contribution in [-0.4, -0.2) is 47.8 Å². The van der Waals surface area contributed by atoms with Crippen LogP contribution in [0.4, 0.5) is 8.78 Å². The molecule has 0 spiro atoms. The van der Waals surface area contributed by atoms with Crippen molar-refractivity contribution in [1.29, 1.82) is 0 Å². The molecule has 0 aliphatic carbocycles. The molecule has 2 heterocycles. The topological polar surface area (TPSA) is 89.9 Å². The van der Waals surface area contributed by atoms with Gasteiger partial charge in [-0.05, 0) is 19.9 Å². The molecule has 2 aromatic rings. The lowest BCUT2D eigenvalue weighted by Gasteiger charge is -2.39. The van der Waals surface area contributed by atoms with Crippen molar-refractivity contribution in [2.45, 2.75) is 39.2 Å². The zero-order valence-electron chi connectivity index (χ0n) is 17.6. The largest absolute Gasteiger partial charge is 0.491 e. The highest BCUT2D eigenvalue weighted by Gasteiger charge is 2.38. The lowest BCUT2D eigenvalue weighted by molar-refractivity contribution is -0.0513. The summed E-state index contributed by atoms with van der Waals surface area (Å²) in [7, 11) is 2.70. The van der Waals surface area contributed by atoms with Crippen molar-refractivity contribution in [2.75, 3.05) is 14.2 Å². The van der Waals surface area contributed by atoms with Gasteiger partial charge in [0.15, 0.2) is 17.7 Å². The minimum absolute atomic E-state index is 0.0237. The number of pyridine rings is 1. The smallest absolute Gasteiger partial charge is 0.276 e. The van der Waals surface area contributed by atoms with E-state index in [-0.39, 0.29) is 41.7 Å². The Morgan fingerprint density at radius 2 is 1.97 bits per heavy atom. The van der Waals surface area contributed by atoms with Crippen LogP contribution in [0.2, 0.25) is 0 Å². The number of hydrogen-bond acceptors (Lipinski definition) is 5. The molecule has 3 rings (SSSR count). The Labute approximate surface area is 177 Å². The standard InChI is InChI=1S/C21H23F2N3O5/c1-11(2)26-16(30-3)10-25-9-14(18(27)19(31-4)17(25)21(26)29)20(28)24-8-12-5-6-13(22)7-15(12)23/h5-7,9,11,16H,8,10H2,1-4H3,(H,24,28)/t16-/m0/s1. The quantitative estimate of drug-likeness (QED) is 0.749. The molecule has 31 heavy (non-hydrogen) atoms. The molecule has 1 aliphatic rings. The van der Waals surface area contributed by atoms with Gasteiger partial charge in [0, 0.05) is 37.5 Å². The zero-order valence-corrected chi connectivity index (χ0v) is 17.6. The van der Waals surface area contributed by atoms with E-state index in [0.29, 0.717) is 6.07 Å². The molecular formula is C21H23F2N3O5. The molecule has 1 N–H and O–H groups in total. The van der Waals surface area contributed by atoms with E-state index in [1.54, 1.807) is 0 Å². The Hall–Kier alpha value is -3.27. The lowest BCUT2D eigenvalue weighted by atomic mass is 10.1. The number of ether oxygens (including phenoxy) is 2. The summed E-state index contributed by atoms with van der Waals surface area (Å²) in [5.41, 5.74) is -0.958. The molecule has 0 saturated carbocycles. The van der Waals surface area contributed by atoms with Crippen LogP contribution in [0, 0.1) is 11.6 Å². The lowest BCUT2D eigenvalue weighted by Crippen LogP contribution is -2.53. The Bertz CT molecular complexity index is 1080. The number of methoxy groups -OCH3 is 2. The first-order chi connectivity index (χ1) is 14.7. The average molecular weight is 435 g/mol. The number of rotatable bonds is 6. The summed E-state index contributed by atoms with van der Waals surface area (Å²) in [6.07, 6.45) is 0.662. The fourth-order valence-electron chi connectivity index (χ4n) is 3.55. The van der Waals surface area contributed by atoms with Gasteiger partial charge in [-0.1, -0.05) is 6.07 Å². The first-order valence-electron chi connectivity index (χ1n) is 9.58. The normalized spacial score (nSPS) is 15.8. The molecule has 1 aromatic carbocycles. The predicted molar refractivity (Wildman–Crippen MR) is 107 cm³/mol. The van der Waals surface area contributed by atoms with Crippen LogP contribution in [0.15, 0.2) is 29.2 Å². The Morgan fingerprint density at radius 3 is 2.55 bits per heavy atom. The van der Waals surface area contributed by atoms with Gasteiger partial charge in [-0.2, -0.15) is 0 Å². The third kappa shape index (κ3) is 4.15. The number of nitrogens with zero attached hydrogens (tertiary/aromatic N) is 2. The van der Waals surface area contributed by atoms with E-state index in [1.165, 1.54) is 35.9 Å². The summed E-state index contributed by atoms with van der Waals surface area (Å²) >= 11 is 0. The van der Waals surface area contributed by atoms with Gasteiger partial charge in [0.2, 0.25) is 5.43 Å². The molecule has 1 aliphatic heterocycles. The minimum Gasteiger partial charge on any atom is -0.491 e. The first-order valence-corrected chi connectivity index (χ1v) is 9.58. The molecule has 0 fully saturated rings. The average Bonchev–Trinajstić information content (AvgIpc) is 2.72. The van der Waals surface area contributed by atoms with Crippen LogP contribution in [0.3, 0.4) is 0 Å². The van der Waals surface area contributed by atoms with E-state index in [1.807, 2.05) is 13.8 Å². The van der Waals surface area contributed by atoms with Crippen LogP contribution in [-0.2, 0) is 17.8 Å². The molecular weight excluding hydrogens is 412 g/mol. The molecule has 0 radical (unpaired) electrons. The highest BCUT2D eigenvalue weighted by Crippen LogP contribution is 2.26.